The van der Waals surface area contributed by atoms with Gasteiger partial charge in [0.2, 0.25) is 0 Å². The van der Waals surface area contributed by atoms with Crippen LogP contribution in [0.3, 0.4) is 0 Å². The highest BCUT2D eigenvalue weighted by atomic mass is 32.2. The van der Waals surface area contributed by atoms with Crippen molar-refractivity contribution in [2.45, 2.75) is 211 Å². The van der Waals surface area contributed by atoms with Gasteiger partial charge in [0, 0.05) is 12.8 Å². The van der Waals surface area contributed by atoms with Crippen molar-refractivity contribution in [3.05, 3.63) is 72.9 Å². The summed E-state index contributed by atoms with van der Waals surface area (Å²) in [7, 11) is -4.62. The fraction of sp³-hybridized carbons (Fsp3) is 0.720. The second kappa shape index (κ2) is 39.5. The largest absolute Gasteiger partial charge is 0.462 e. The number of carbonyl (C=O) groups excluding carboxylic acids is 2. The number of hydrogen-bond donors (Lipinski definition) is 4. The van der Waals surface area contributed by atoms with Gasteiger partial charge in [-0.2, -0.15) is 8.42 Å². The molecule has 362 valence electrons. The van der Waals surface area contributed by atoms with Crippen molar-refractivity contribution in [1.82, 2.24) is 0 Å². The zero-order valence-electron chi connectivity index (χ0n) is 38.7. The highest BCUT2D eigenvalue weighted by Crippen LogP contribution is 2.24. The molecule has 1 fully saturated rings. The normalized spacial score (nSPS) is 20.4. The molecule has 0 saturated carbocycles. The predicted molar refractivity (Wildman–Crippen MR) is 252 cm³/mol. The van der Waals surface area contributed by atoms with E-state index >= 15 is 0 Å². The molecule has 1 saturated heterocycles. The first-order valence-corrected chi connectivity index (χ1v) is 25.6. The van der Waals surface area contributed by atoms with Crippen molar-refractivity contribution in [3.8, 4) is 0 Å². The second-order valence-electron chi connectivity index (χ2n) is 16.4. The van der Waals surface area contributed by atoms with E-state index in [0.717, 1.165) is 70.6 Å². The lowest BCUT2D eigenvalue weighted by atomic mass is 10.00. The number of allylic oxidation sites excluding steroid dienone is 12. The maximum atomic E-state index is 12.8. The number of carbonyl (C=O) groups is 2. The zero-order chi connectivity index (χ0) is 46.2. The average Bonchev–Trinajstić information content (AvgIpc) is 3.25. The molecule has 1 rings (SSSR count). The van der Waals surface area contributed by atoms with Gasteiger partial charge in [0.05, 0.1) is 6.61 Å². The van der Waals surface area contributed by atoms with Crippen LogP contribution < -0.4 is 0 Å². The van der Waals surface area contributed by atoms with Gasteiger partial charge in [-0.15, -0.1) is 0 Å². The van der Waals surface area contributed by atoms with E-state index in [2.05, 4.69) is 74.6 Å². The summed E-state index contributed by atoms with van der Waals surface area (Å²) in [6.07, 6.45) is 40.9. The minimum Gasteiger partial charge on any atom is -0.462 e. The molecule has 1 heterocycles. The van der Waals surface area contributed by atoms with E-state index in [1.807, 2.05) is 12.2 Å². The first-order valence-electron chi connectivity index (χ1n) is 24.0. The van der Waals surface area contributed by atoms with E-state index in [9.17, 15) is 37.9 Å². The van der Waals surface area contributed by atoms with Crippen LogP contribution in [0.2, 0.25) is 0 Å². The Hall–Kier alpha value is -2.91. The smallest absolute Gasteiger partial charge is 0.306 e. The molecule has 0 aromatic heterocycles. The van der Waals surface area contributed by atoms with Gasteiger partial charge in [0.25, 0.3) is 10.1 Å². The number of esters is 2. The first-order chi connectivity index (χ1) is 30.5. The first kappa shape index (κ1) is 58.1. The molecule has 1 aliphatic rings. The molecule has 4 N–H and O–H groups in total. The summed E-state index contributed by atoms with van der Waals surface area (Å²) in [6, 6.07) is 0. The highest BCUT2D eigenvalue weighted by Gasteiger charge is 2.46. The quantitative estimate of drug-likeness (QED) is 0.0198. The fourth-order valence-corrected chi connectivity index (χ4v) is 7.43. The van der Waals surface area contributed by atoms with Gasteiger partial charge < -0.3 is 34.3 Å². The highest BCUT2D eigenvalue weighted by molar-refractivity contribution is 7.85. The third-order valence-electron chi connectivity index (χ3n) is 10.5. The van der Waals surface area contributed by atoms with Gasteiger partial charge in [-0.1, -0.05) is 157 Å². The molecule has 2 unspecified atom stereocenters. The predicted octanol–water partition coefficient (Wildman–Crippen LogP) is 10.3. The molecular formula is C50H84O12S. The van der Waals surface area contributed by atoms with Crippen molar-refractivity contribution in [1.29, 1.82) is 0 Å². The molecule has 12 nitrogen and oxygen atoms in total. The van der Waals surface area contributed by atoms with E-state index < -0.39 is 71.2 Å². The van der Waals surface area contributed by atoms with Crippen LogP contribution in [-0.2, 0) is 38.7 Å². The molecular weight excluding hydrogens is 825 g/mol. The molecule has 0 bridgehead atoms. The molecule has 6 atom stereocenters. The molecule has 63 heavy (non-hydrogen) atoms. The van der Waals surface area contributed by atoms with Crippen molar-refractivity contribution in [2.75, 3.05) is 19.0 Å². The van der Waals surface area contributed by atoms with E-state index in [0.29, 0.717) is 19.3 Å². The molecule has 0 amide bonds. The summed E-state index contributed by atoms with van der Waals surface area (Å²) in [4.78, 5) is 25.4. The van der Waals surface area contributed by atoms with E-state index in [1.54, 1.807) is 0 Å². The maximum Gasteiger partial charge on any atom is 0.306 e. The fourth-order valence-electron chi connectivity index (χ4n) is 6.74. The Morgan fingerprint density at radius 1 is 0.540 bits per heavy atom. The van der Waals surface area contributed by atoms with E-state index in [-0.39, 0.29) is 19.4 Å². The lowest BCUT2D eigenvalue weighted by molar-refractivity contribution is -0.297. The topological polar surface area (TPSA) is 186 Å². The molecule has 0 spiro atoms. The van der Waals surface area contributed by atoms with Gasteiger partial charge in [-0.3, -0.25) is 14.1 Å². The van der Waals surface area contributed by atoms with Crippen molar-refractivity contribution in [2.24, 2.45) is 0 Å². The summed E-state index contributed by atoms with van der Waals surface area (Å²) < 4.78 is 54.0. The van der Waals surface area contributed by atoms with Crippen LogP contribution >= 0.6 is 0 Å². The Balaban J connectivity index is 2.48. The van der Waals surface area contributed by atoms with Crippen LogP contribution in [0.25, 0.3) is 0 Å². The molecule has 13 heteroatoms. The van der Waals surface area contributed by atoms with Crippen molar-refractivity contribution in [3.63, 3.8) is 0 Å². The Bertz CT molecular complexity index is 1440. The molecule has 0 aromatic rings. The number of unbranched alkanes of at least 4 members (excludes halogenated alkanes) is 15. The Morgan fingerprint density at radius 3 is 1.51 bits per heavy atom. The summed E-state index contributed by atoms with van der Waals surface area (Å²) in [5.41, 5.74) is 0. The van der Waals surface area contributed by atoms with Gasteiger partial charge in [-0.25, -0.2) is 0 Å². The van der Waals surface area contributed by atoms with Crippen LogP contribution in [-0.4, -0.2) is 96.0 Å². The molecule has 0 radical (unpaired) electrons. The van der Waals surface area contributed by atoms with Crippen LogP contribution in [0.5, 0.6) is 0 Å². The Labute approximate surface area is 380 Å². The van der Waals surface area contributed by atoms with Crippen molar-refractivity contribution >= 4 is 22.1 Å². The number of ether oxygens (including phenoxy) is 4. The lowest BCUT2D eigenvalue weighted by Crippen LogP contribution is -2.60. The minimum atomic E-state index is -4.62. The second-order valence-corrected chi connectivity index (χ2v) is 17.9. The lowest BCUT2D eigenvalue weighted by Gasteiger charge is -2.40. The SMILES string of the molecule is CCCC/C=C/C/C=C/CCCCCCCC(=O)OC[C@H](CO[C@H]1O[C@H](CS(=O)(=O)O)[C@@H](O)C(O)C1O)OC(=O)CCC/C=C/C/C=C/C/C=C/C/C=C/CCCCCCCCC. The van der Waals surface area contributed by atoms with E-state index in [1.165, 1.54) is 57.8 Å². The Morgan fingerprint density at radius 2 is 0.984 bits per heavy atom. The maximum absolute atomic E-state index is 12.8. The summed E-state index contributed by atoms with van der Waals surface area (Å²) in [6.45, 7) is 3.65. The molecule has 0 aromatic carbocycles. The van der Waals surface area contributed by atoms with Gasteiger partial charge >= 0.3 is 11.9 Å². The summed E-state index contributed by atoms with van der Waals surface area (Å²) >= 11 is 0. The standard InChI is InChI=1S/C50H84O12S/c1-3-5-7-9-11-13-15-17-19-20-21-22-23-24-25-27-29-31-33-35-37-39-46(52)61-43(41-60-50-49(55)48(54)47(53)44(62-50)42-63(56,57)58)40-59-45(51)38-36-34-32-30-28-26-18-16-14-12-10-8-6-4-2/h10,12,16,18-20,22-23,25,27,31,33,43-44,47-50,53-55H,3-9,11,13-15,17,21,24,26,28-30,32,34-42H2,1-2H3,(H,56,57,58)/b12-10+,18-16+,20-19+,23-22+,27-25+,33-31+/t43-,44-,47-,48?,49?,50+/m1/s1. The molecule has 0 aliphatic carbocycles. The summed E-state index contributed by atoms with van der Waals surface area (Å²) in [5.74, 6) is -2.08. The number of hydrogen-bond acceptors (Lipinski definition) is 11. The minimum absolute atomic E-state index is 0.0820. The number of aliphatic hydroxyl groups is 3. The summed E-state index contributed by atoms with van der Waals surface area (Å²) in [5, 5.41) is 30.9. The van der Waals surface area contributed by atoms with Crippen LogP contribution in [0, 0.1) is 0 Å². The monoisotopic (exact) mass is 909 g/mol. The molecule has 1 aliphatic heterocycles. The zero-order valence-corrected chi connectivity index (χ0v) is 39.5. The van der Waals surface area contributed by atoms with Crippen LogP contribution in [0.1, 0.15) is 174 Å². The van der Waals surface area contributed by atoms with Crippen molar-refractivity contribution < 1.29 is 56.8 Å². The van der Waals surface area contributed by atoms with Crippen LogP contribution in [0.4, 0.5) is 0 Å². The van der Waals surface area contributed by atoms with Crippen LogP contribution in [0.15, 0.2) is 72.9 Å². The van der Waals surface area contributed by atoms with Gasteiger partial charge in [0.1, 0.15) is 36.8 Å². The van der Waals surface area contributed by atoms with Gasteiger partial charge in [0.15, 0.2) is 12.4 Å². The average molecular weight is 909 g/mol. The Kier molecular flexibility index (Phi) is 36.4. The third-order valence-corrected chi connectivity index (χ3v) is 11.3. The number of rotatable bonds is 39. The van der Waals surface area contributed by atoms with Gasteiger partial charge in [-0.05, 0) is 77.0 Å². The number of aliphatic hydroxyl groups excluding tert-OH is 3. The van der Waals surface area contributed by atoms with E-state index in [4.69, 9.17) is 18.9 Å². The third kappa shape index (κ3) is 34.2.